The lowest BCUT2D eigenvalue weighted by Gasteiger charge is -2.20. The summed E-state index contributed by atoms with van der Waals surface area (Å²) in [6, 6.07) is 6.59. The summed E-state index contributed by atoms with van der Waals surface area (Å²) < 4.78 is 5.02. The van der Waals surface area contributed by atoms with Crippen molar-refractivity contribution in [2.24, 2.45) is 5.92 Å². The van der Waals surface area contributed by atoms with Gasteiger partial charge in [-0.15, -0.1) is 0 Å². The zero-order chi connectivity index (χ0) is 15.3. The van der Waals surface area contributed by atoms with Gasteiger partial charge in [-0.05, 0) is 31.5 Å². The van der Waals surface area contributed by atoms with E-state index in [-0.39, 0.29) is 11.6 Å². The molecule has 0 spiro atoms. The van der Waals surface area contributed by atoms with E-state index in [1.807, 2.05) is 0 Å². The standard InChI is InChI=1S/C14H17NO5/c1-9(16)14(10(2)17)13(8-15(18)19)11-4-6-12(20-3)7-5-11/h4-7,13-14H,8H2,1-3H3/t13-/m1/s1. The predicted molar refractivity (Wildman–Crippen MR) is 72.4 cm³/mol. The maximum atomic E-state index is 11.6. The lowest BCUT2D eigenvalue weighted by atomic mass is 9.81. The van der Waals surface area contributed by atoms with Crippen LogP contribution in [0.3, 0.4) is 0 Å². The number of benzene rings is 1. The van der Waals surface area contributed by atoms with Crippen LogP contribution in [-0.4, -0.2) is 30.1 Å². The van der Waals surface area contributed by atoms with Crippen LogP contribution in [0.1, 0.15) is 25.3 Å². The third-order valence-corrected chi connectivity index (χ3v) is 3.17. The molecule has 0 aliphatic carbocycles. The van der Waals surface area contributed by atoms with Gasteiger partial charge in [0.05, 0.1) is 18.9 Å². The van der Waals surface area contributed by atoms with Crippen LogP contribution in [0.25, 0.3) is 0 Å². The van der Waals surface area contributed by atoms with Gasteiger partial charge >= 0.3 is 0 Å². The summed E-state index contributed by atoms with van der Waals surface area (Å²) in [5.74, 6) is -1.86. The maximum absolute atomic E-state index is 11.6. The normalized spacial score (nSPS) is 12.0. The number of nitrogens with zero attached hydrogens (tertiary/aromatic N) is 1. The Bertz CT molecular complexity index is 495. The number of rotatable bonds is 7. The van der Waals surface area contributed by atoms with Crippen molar-refractivity contribution in [3.8, 4) is 5.75 Å². The lowest BCUT2D eigenvalue weighted by Crippen LogP contribution is -2.31. The van der Waals surface area contributed by atoms with E-state index in [1.165, 1.54) is 21.0 Å². The van der Waals surface area contributed by atoms with Crippen molar-refractivity contribution in [1.29, 1.82) is 0 Å². The van der Waals surface area contributed by atoms with Gasteiger partial charge < -0.3 is 4.74 Å². The Labute approximate surface area is 116 Å². The van der Waals surface area contributed by atoms with Gasteiger partial charge in [0.2, 0.25) is 6.54 Å². The fourth-order valence-electron chi connectivity index (χ4n) is 2.27. The van der Waals surface area contributed by atoms with Crippen molar-refractivity contribution in [3.63, 3.8) is 0 Å². The van der Waals surface area contributed by atoms with Crippen LogP contribution in [0.15, 0.2) is 24.3 Å². The Morgan fingerprint density at radius 3 is 2.05 bits per heavy atom. The van der Waals surface area contributed by atoms with Gasteiger partial charge in [0.15, 0.2) is 0 Å². The van der Waals surface area contributed by atoms with Gasteiger partial charge in [-0.1, -0.05) is 12.1 Å². The van der Waals surface area contributed by atoms with Crippen LogP contribution in [0.2, 0.25) is 0 Å². The molecule has 1 rings (SSSR count). The Morgan fingerprint density at radius 2 is 1.70 bits per heavy atom. The van der Waals surface area contributed by atoms with E-state index in [9.17, 15) is 19.7 Å². The molecule has 20 heavy (non-hydrogen) atoms. The molecule has 6 heteroatoms. The Balaban J connectivity index is 3.18. The number of ether oxygens (including phenoxy) is 1. The molecule has 1 atom stereocenters. The number of ketones is 2. The highest BCUT2D eigenvalue weighted by molar-refractivity contribution is 6.01. The Kier molecular flexibility index (Phi) is 5.37. The van der Waals surface area contributed by atoms with Gasteiger partial charge in [0, 0.05) is 4.92 Å². The first-order valence-electron chi connectivity index (χ1n) is 6.13. The molecule has 0 fully saturated rings. The summed E-state index contributed by atoms with van der Waals surface area (Å²) in [4.78, 5) is 33.6. The molecule has 0 bridgehead atoms. The quantitative estimate of drug-likeness (QED) is 0.432. The zero-order valence-electron chi connectivity index (χ0n) is 11.7. The SMILES string of the molecule is COc1ccc([C@@H](C[N+](=O)[O-])C(C(C)=O)C(C)=O)cc1. The monoisotopic (exact) mass is 279 g/mol. The van der Waals surface area contributed by atoms with E-state index in [4.69, 9.17) is 4.74 Å². The van der Waals surface area contributed by atoms with Crippen molar-refractivity contribution < 1.29 is 19.2 Å². The molecule has 0 heterocycles. The minimum absolute atomic E-state index is 0.361. The largest absolute Gasteiger partial charge is 0.497 e. The third-order valence-electron chi connectivity index (χ3n) is 3.17. The first kappa shape index (κ1) is 15.8. The third kappa shape index (κ3) is 3.88. The smallest absolute Gasteiger partial charge is 0.211 e. The van der Waals surface area contributed by atoms with Crippen molar-refractivity contribution in [2.45, 2.75) is 19.8 Å². The number of hydrogen-bond donors (Lipinski definition) is 0. The Hall–Kier alpha value is -2.24. The van der Waals surface area contributed by atoms with Gasteiger partial charge in [0.25, 0.3) is 0 Å². The van der Waals surface area contributed by atoms with E-state index in [1.54, 1.807) is 24.3 Å². The van der Waals surface area contributed by atoms with E-state index < -0.39 is 23.3 Å². The summed E-state index contributed by atoms with van der Waals surface area (Å²) in [6.07, 6.45) is 0. The van der Waals surface area contributed by atoms with E-state index >= 15 is 0 Å². The molecule has 0 aliphatic rings. The first-order valence-corrected chi connectivity index (χ1v) is 6.13. The highest BCUT2D eigenvalue weighted by atomic mass is 16.6. The van der Waals surface area contributed by atoms with Crippen LogP contribution in [0.4, 0.5) is 0 Å². The number of nitro groups is 1. The van der Waals surface area contributed by atoms with Gasteiger partial charge in [-0.25, -0.2) is 0 Å². The van der Waals surface area contributed by atoms with E-state index in [0.717, 1.165) is 0 Å². The number of hydrogen-bond acceptors (Lipinski definition) is 5. The predicted octanol–water partition coefficient (Wildman–Crippen LogP) is 1.85. The highest BCUT2D eigenvalue weighted by Crippen LogP contribution is 2.28. The molecule has 108 valence electrons. The number of carbonyl (C=O) groups excluding carboxylic acids is 2. The minimum Gasteiger partial charge on any atom is -0.497 e. The van der Waals surface area contributed by atoms with Crippen molar-refractivity contribution in [2.75, 3.05) is 13.7 Å². The number of Topliss-reactive ketones (excluding diaryl/α,β-unsaturated/α-hetero) is 2. The molecule has 0 amide bonds. The van der Waals surface area contributed by atoms with Crippen molar-refractivity contribution in [3.05, 3.63) is 39.9 Å². The maximum Gasteiger partial charge on any atom is 0.211 e. The van der Waals surface area contributed by atoms with Crippen molar-refractivity contribution in [1.82, 2.24) is 0 Å². The van der Waals surface area contributed by atoms with E-state index in [2.05, 4.69) is 0 Å². The van der Waals surface area contributed by atoms with Crippen LogP contribution >= 0.6 is 0 Å². The van der Waals surface area contributed by atoms with Gasteiger partial charge in [0.1, 0.15) is 17.3 Å². The molecule has 6 nitrogen and oxygen atoms in total. The molecule has 0 aromatic heterocycles. The van der Waals surface area contributed by atoms with Crippen LogP contribution in [0.5, 0.6) is 5.75 Å². The minimum atomic E-state index is -0.992. The first-order chi connectivity index (χ1) is 9.36. The molecule has 0 radical (unpaired) electrons. The summed E-state index contributed by atoms with van der Waals surface area (Å²) in [5, 5.41) is 10.8. The second-order valence-corrected chi connectivity index (χ2v) is 4.59. The van der Waals surface area contributed by atoms with Crippen LogP contribution < -0.4 is 4.74 Å². The summed E-state index contributed by atoms with van der Waals surface area (Å²) in [7, 11) is 1.51. The molecule has 0 saturated carbocycles. The molecule has 1 aromatic carbocycles. The van der Waals surface area contributed by atoms with Crippen molar-refractivity contribution >= 4 is 11.6 Å². The average molecular weight is 279 g/mol. The van der Waals surface area contributed by atoms with Gasteiger partial charge in [-0.3, -0.25) is 19.7 Å². The molecular weight excluding hydrogens is 262 g/mol. The molecule has 0 aliphatic heterocycles. The molecule has 0 N–H and O–H groups in total. The average Bonchev–Trinajstić information content (AvgIpc) is 2.36. The number of methoxy groups -OCH3 is 1. The fraction of sp³-hybridized carbons (Fsp3) is 0.429. The molecular formula is C14H17NO5. The van der Waals surface area contributed by atoms with Crippen LogP contribution in [-0.2, 0) is 9.59 Å². The lowest BCUT2D eigenvalue weighted by molar-refractivity contribution is -0.484. The van der Waals surface area contributed by atoms with Crippen LogP contribution in [0, 0.1) is 16.0 Å². The van der Waals surface area contributed by atoms with E-state index in [0.29, 0.717) is 11.3 Å². The summed E-state index contributed by atoms with van der Waals surface area (Å²) in [6.45, 7) is 2.10. The summed E-state index contributed by atoms with van der Waals surface area (Å²) >= 11 is 0. The summed E-state index contributed by atoms with van der Waals surface area (Å²) in [5.41, 5.74) is 0.581. The second kappa shape index (κ2) is 6.79. The fourth-order valence-corrected chi connectivity index (χ4v) is 2.27. The number of carbonyl (C=O) groups is 2. The second-order valence-electron chi connectivity index (χ2n) is 4.59. The Morgan fingerprint density at radius 1 is 1.20 bits per heavy atom. The highest BCUT2D eigenvalue weighted by Gasteiger charge is 2.34. The molecule has 0 unspecified atom stereocenters. The van der Waals surface area contributed by atoms with Gasteiger partial charge in [-0.2, -0.15) is 0 Å². The molecule has 0 saturated heterocycles. The topological polar surface area (TPSA) is 86.5 Å². The zero-order valence-corrected chi connectivity index (χ0v) is 11.7. The molecule has 1 aromatic rings.